The molecule has 0 unspecified atom stereocenters. The molecule has 0 spiro atoms. The second-order valence-electron chi connectivity index (χ2n) is 9.35. The van der Waals surface area contributed by atoms with Crippen LogP contribution in [0.1, 0.15) is 23.1 Å². The lowest BCUT2D eigenvalue weighted by atomic mass is 9.85. The van der Waals surface area contributed by atoms with E-state index in [1.165, 1.54) is 32.4 Å². The Morgan fingerprint density at radius 1 is 0.850 bits per heavy atom. The number of benzene rings is 3. The molecule has 40 heavy (non-hydrogen) atoms. The molecule has 1 heterocycles. The van der Waals surface area contributed by atoms with Gasteiger partial charge in [0, 0.05) is 35.2 Å². The molecule has 0 amide bonds. The van der Waals surface area contributed by atoms with Crippen molar-refractivity contribution in [2.24, 2.45) is 4.99 Å². The highest BCUT2D eigenvalue weighted by Crippen LogP contribution is 2.39. The number of halogens is 3. The Balaban J connectivity index is 1.84. The molecule has 0 fully saturated rings. The van der Waals surface area contributed by atoms with Crippen LogP contribution in [0.3, 0.4) is 0 Å². The normalized spacial score (nSPS) is 18.4. The van der Waals surface area contributed by atoms with Gasteiger partial charge in [0.05, 0.1) is 41.5 Å². The summed E-state index contributed by atoms with van der Waals surface area (Å²) in [6.45, 7) is -1.58. The van der Waals surface area contributed by atoms with Gasteiger partial charge in [0.1, 0.15) is 53.8 Å². The van der Waals surface area contributed by atoms with Crippen LogP contribution in [0.25, 0.3) is 0 Å². The molecule has 0 aliphatic carbocycles. The average molecular weight is 559 g/mol. The number of nitrogens with zero attached hydrogens (tertiary/aromatic N) is 2. The summed E-state index contributed by atoms with van der Waals surface area (Å²) in [7, 11) is 6.18. The molecule has 1 aliphatic rings. The maximum atomic E-state index is 15.0. The molecule has 1 aliphatic heterocycles. The summed E-state index contributed by atoms with van der Waals surface area (Å²) < 4.78 is 71.8. The Labute approximate surface area is 232 Å². The van der Waals surface area contributed by atoms with Crippen molar-refractivity contribution in [2.45, 2.75) is 31.2 Å². The van der Waals surface area contributed by atoms with Gasteiger partial charge >= 0.3 is 0 Å². The Hall–Kier alpha value is -4.08. The predicted molar refractivity (Wildman–Crippen MR) is 145 cm³/mol. The van der Waals surface area contributed by atoms with Gasteiger partial charge in [-0.3, -0.25) is 0 Å². The van der Waals surface area contributed by atoms with Crippen molar-refractivity contribution >= 4 is 6.02 Å². The minimum absolute atomic E-state index is 0.0226. The van der Waals surface area contributed by atoms with Crippen molar-refractivity contribution in [3.05, 3.63) is 83.2 Å². The van der Waals surface area contributed by atoms with Gasteiger partial charge in [-0.25, -0.2) is 18.2 Å². The SMILES string of the molecule is COc1ccc(CN(Cc2ccc(OC)cc2OC)C2=N[C@](CF)(c3ccccc3F)C[C@@H](CF)O2)c(OC)c1. The van der Waals surface area contributed by atoms with Gasteiger partial charge in [-0.2, -0.15) is 0 Å². The number of rotatable bonds is 11. The van der Waals surface area contributed by atoms with Gasteiger partial charge in [0.15, 0.2) is 0 Å². The first-order valence-electron chi connectivity index (χ1n) is 12.7. The Bertz CT molecular complexity index is 1280. The molecule has 7 nitrogen and oxygen atoms in total. The number of ether oxygens (including phenoxy) is 5. The van der Waals surface area contributed by atoms with E-state index in [-0.39, 0.29) is 31.1 Å². The zero-order chi connectivity index (χ0) is 28.7. The first-order valence-corrected chi connectivity index (χ1v) is 12.7. The molecule has 2 atom stereocenters. The van der Waals surface area contributed by atoms with E-state index in [1.807, 2.05) is 12.1 Å². The Morgan fingerprint density at radius 2 is 1.43 bits per heavy atom. The molecule has 0 saturated heterocycles. The van der Waals surface area contributed by atoms with E-state index in [0.29, 0.717) is 23.0 Å². The average Bonchev–Trinajstić information content (AvgIpc) is 3.00. The van der Waals surface area contributed by atoms with Crippen molar-refractivity contribution in [2.75, 3.05) is 41.8 Å². The van der Waals surface area contributed by atoms with Gasteiger partial charge in [-0.05, 0) is 30.3 Å². The van der Waals surface area contributed by atoms with Gasteiger partial charge in [-0.1, -0.05) is 18.2 Å². The van der Waals surface area contributed by atoms with Crippen LogP contribution in [0.2, 0.25) is 0 Å². The number of aliphatic imine (C=N–C) groups is 1. The van der Waals surface area contributed by atoms with Crippen LogP contribution < -0.4 is 18.9 Å². The molecule has 0 N–H and O–H groups in total. The molecular weight excluding hydrogens is 525 g/mol. The summed E-state index contributed by atoms with van der Waals surface area (Å²) in [5.74, 6) is 1.65. The summed E-state index contributed by atoms with van der Waals surface area (Å²) >= 11 is 0. The molecule has 214 valence electrons. The van der Waals surface area contributed by atoms with E-state index < -0.39 is 30.8 Å². The highest BCUT2D eigenvalue weighted by atomic mass is 19.1. The molecule has 4 rings (SSSR count). The van der Waals surface area contributed by atoms with Crippen molar-refractivity contribution in [1.82, 2.24) is 4.90 Å². The van der Waals surface area contributed by atoms with Crippen LogP contribution in [0, 0.1) is 5.82 Å². The summed E-state index contributed by atoms with van der Waals surface area (Å²) in [5, 5.41) is 0. The third kappa shape index (κ3) is 6.05. The van der Waals surface area contributed by atoms with Gasteiger partial charge in [0.2, 0.25) is 0 Å². The molecule has 0 bridgehead atoms. The van der Waals surface area contributed by atoms with Crippen LogP contribution in [-0.4, -0.2) is 58.8 Å². The Kier molecular flexibility index (Phi) is 9.29. The van der Waals surface area contributed by atoms with E-state index >= 15 is 0 Å². The zero-order valence-electron chi connectivity index (χ0n) is 23.0. The lowest BCUT2D eigenvalue weighted by Crippen LogP contribution is -2.46. The van der Waals surface area contributed by atoms with Crippen LogP contribution >= 0.6 is 0 Å². The van der Waals surface area contributed by atoms with Crippen LogP contribution in [0.5, 0.6) is 23.0 Å². The maximum Gasteiger partial charge on any atom is 0.289 e. The number of alkyl halides is 2. The third-order valence-electron chi connectivity index (χ3n) is 6.90. The van der Waals surface area contributed by atoms with Gasteiger partial charge in [0.25, 0.3) is 6.02 Å². The minimum Gasteiger partial charge on any atom is -0.497 e. The number of amidine groups is 1. The van der Waals surface area contributed by atoms with Crippen LogP contribution in [0.15, 0.2) is 65.7 Å². The minimum atomic E-state index is -1.66. The maximum absolute atomic E-state index is 15.0. The third-order valence-corrected chi connectivity index (χ3v) is 6.90. The fraction of sp³-hybridized carbons (Fsp3) is 0.367. The topological polar surface area (TPSA) is 61.8 Å². The summed E-state index contributed by atoms with van der Waals surface area (Å²) in [5.41, 5.74) is -0.148. The number of hydrogen-bond donors (Lipinski definition) is 0. The molecule has 3 aromatic carbocycles. The van der Waals surface area contributed by atoms with E-state index in [2.05, 4.69) is 4.99 Å². The smallest absolute Gasteiger partial charge is 0.289 e. The molecule has 0 radical (unpaired) electrons. The molecular formula is C30H33F3N2O5. The van der Waals surface area contributed by atoms with Crippen LogP contribution in [-0.2, 0) is 23.4 Å². The number of hydrogen-bond acceptors (Lipinski definition) is 7. The van der Waals surface area contributed by atoms with E-state index in [1.54, 1.807) is 49.5 Å². The zero-order valence-corrected chi connectivity index (χ0v) is 23.0. The van der Waals surface area contributed by atoms with Crippen molar-refractivity contribution in [1.29, 1.82) is 0 Å². The van der Waals surface area contributed by atoms with E-state index in [4.69, 9.17) is 23.7 Å². The van der Waals surface area contributed by atoms with Crippen molar-refractivity contribution in [3.8, 4) is 23.0 Å². The van der Waals surface area contributed by atoms with Gasteiger partial charge in [-0.15, -0.1) is 0 Å². The summed E-state index contributed by atoms with van der Waals surface area (Å²) in [6, 6.07) is 16.5. The Morgan fingerprint density at radius 3 is 1.90 bits per heavy atom. The van der Waals surface area contributed by atoms with Crippen LogP contribution in [0.4, 0.5) is 13.2 Å². The van der Waals surface area contributed by atoms with Crippen molar-refractivity contribution in [3.63, 3.8) is 0 Å². The predicted octanol–water partition coefficient (Wildman–Crippen LogP) is 5.84. The molecule has 10 heteroatoms. The fourth-order valence-corrected chi connectivity index (χ4v) is 4.79. The fourth-order valence-electron chi connectivity index (χ4n) is 4.79. The largest absolute Gasteiger partial charge is 0.497 e. The molecule has 3 aromatic rings. The van der Waals surface area contributed by atoms with E-state index in [0.717, 1.165) is 11.1 Å². The van der Waals surface area contributed by atoms with E-state index in [9.17, 15) is 13.2 Å². The second kappa shape index (κ2) is 12.8. The highest BCUT2D eigenvalue weighted by molar-refractivity contribution is 5.76. The summed E-state index contributed by atoms with van der Waals surface area (Å²) in [6.07, 6.45) is -1.20. The first-order chi connectivity index (χ1) is 19.4. The van der Waals surface area contributed by atoms with Crippen molar-refractivity contribution < 1.29 is 36.9 Å². The quantitative estimate of drug-likeness (QED) is 0.295. The highest BCUT2D eigenvalue weighted by Gasteiger charge is 2.43. The number of methoxy groups -OCH3 is 4. The molecule has 0 aromatic heterocycles. The second-order valence-corrected chi connectivity index (χ2v) is 9.35. The first kappa shape index (κ1) is 28.9. The standard InChI is InChI=1S/C30H33F3N2O5/c1-36-22-11-9-20(27(13-22)38-3)17-35(18-21-10-12-23(37-2)14-28(21)39-4)29-34-30(19-32,15-24(16-31)40-29)25-7-5-6-8-26(25)33/h5-14,24H,15-19H2,1-4H3/t24-,30+/m0/s1. The van der Waals surface area contributed by atoms with Gasteiger partial charge < -0.3 is 28.6 Å². The monoisotopic (exact) mass is 558 g/mol. The lowest BCUT2D eigenvalue weighted by Gasteiger charge is -2.39. The lowest BCUT2D eigenvalue weighted by molar-refractivity contribution is 0.0544. The molecule has 0 saturated carbocycles. The summed E-state index contributed by atoms with van der Waals surface area (Å²) in [4.78, 5) is 6.36.